The van der Waals surface area contributed by atoms with E-state index in [1.165, 1.54) is 63.9 Å². The molecule has 0 amide bonds. The van der Waals surface area contributed by atoms with E-state index in [1.54, 1.807) is 0 Å². The van der Waals surface area contributed by atoms with Crippen molar-refractivity contribution < 1.29 is 0 Å². The van der Waals surface area contributed by atoms with E-state index in [0.29, 0.717) is 0 Å². The average Bonchev–Trinajstić information content (AvgIpc) is 3.87. The van der Waals surface area contributed by atoms with Crippen molar-refractivity contribution in [3.63, 3.8) is 0 Å². The number of aromatic nitrogens is 3. The van der Waals surface area contributed by atoms with Gasteiger partial charge in [0, 0.05) is 47.9 Å². The molecule has 3 aromatic heterocycles. The van der Waals surface area contributed by atoms with Crippen LogP contribution in [0.1, 0.15) is 0 Å². The van der Waals surface area contributed by atoms with Crippen LogP contribution >= 0.6 is 11.3 Å². The smallest absolute Gasteiger partial charge is 0.146 e. The summed E-state index contributed by atoms with van der Waals surface area (Å²) >= 11 is 1.88. The summed E-state index contributed by atoms with van der Waals surface area (Å²) in [6.45, 7) is 0. The molecule has 0 saturated heterocycles. The number of para-hydroxylation sites is 3. The van der Waals surface area contributed by atoms with E-state index in [0.717, 1.165) is 33.8 Å². The fourth-order valence-electron chi connectivity index (χ4n) is 8.03. The molecule has 0 saturated carbocycles. The Morgan fingerprint density at radius 1 is 0.412 bits per heavy atom. The minimum atomic E-state index is 0.943. The molecule has 4 heteroatoms. The minimum absolute atomic E-state index is 0.943. The molecular weight excluding hydrogens is 639 g/mol. The lowest BCUT2D eigenvalue weighted by atomic mass is 10.0. The summed E-state index contributed by atoms with van der Waals surface area (Å²) in [5.74, 6) is 0.943. The first-order valence-corrected chi connectivity index (χ1v) is 18.1. The highest BCUT2D eigenvalue weighted by molar-refractivity contribution is 7.26. The number of fused-ring (bicyclic) bond motifs is 8. The zero-order valence-corrected chi connectivity index (χ0v) is 28.3. The zero-order valence-electron chi connectivity index (χ0n) is 27.5. The fraction of sp³-hybridized carbons (Fsp3) is 0. The molecule has 0 aliphatic carbocycles. The Balaban J connectivity index is 1.07. The van der Waals surface area contributed by atoms with Crippen molar-refractivity contribution in [2.75, 3.05) is 0 Å². The predicted octanol–water partition coefficient (Wildman–Crippen LogP) is 13.0. The van der Waals surface area contributed by atoms with Crippen LogP contribution in [0.5, 0.6) is 0 Å². The highest BCUT2D eigenvalue weighted by atomic mass is 32.1. The fourth-order valence-corrected chi connectivity index (χ4v) is 9.27. The van der Waals surface area contributed by atoms with Gasteiger partial charge in [-0.15, -0.1) is 11.3 Å². The highest BCUT2D eigenvalue weighted by Crippen LogP contribution is 2.42. The first kappa shape index (κ1) is 28.4. The van der Waals surface area contributed by atoms with Crippen LogP contribution in [0.3, 0.4) is 0 Å². The molecule has 238 valence electrons. The van der Waals surface area contributed by atoms with E-state index in [1.807, 2.05) is 11.3 Å². The van der Waals surface area contributed by atoms with Gasteiger partial charge in [0.05, 0.1) is 22.1 Å². The van der Waals surface area contributed by atoms with Gasteiger partial charge in [-0.3, -0.25) is 4.57 Å². The molecule has 11 rings (SSSR count). The Bertz CT molecular complexity index is 3140. The lowest BCUT2D eigenvalue weighted by Crippen LogP contribution is -2.00. The maximum atomic E-state index is 5.19. The molecule has 8 aromatic carbocycles. The van der Waals surface area contributed by atoms with Gasteiger partial charge in [-0.05, 0) is 82.6 Å². The SMILES string of the molecule is c1ccc2c(-c3nc4ccccc4n3-c3ccc(-n4c5ccccc5c5cc(-c6cccc7c6sc6ccccc67)ccc54)cc3)cccc2c1. The number of nitrogens with zero attached hydrogens (tertiary/aromatic N) is 3. The summed E-state index contributed by atoms with van der Waals surface area (Å²) in [7, 11) is 0. The molecule has 3 nitrogen and oxygen atoms in total. The van der Waals surface area contributed by atoms with Crippen molar-refractivity contribution in [3.05, 3.63) is 176 Å². The van der Waals surface area contributed by atoms with E-state index in [9.17, 15) is 0 Å². The Morgan fingerprint density at radius 2 is 1.04 bits per heavy atom. The van der Waals surface area contributed by atoms with Crippen molar-refractivity contribution in [2.45, 2.75) is 0 Å². The first-order chi connectivity index (χ1) is 25.3. The van der Waals surface area contributed by atoms with Gasteiger partial charge in [-0.25, -0.2) is 4.98 Å². The molecule has 0 bridgehead atoms. The highest BCUT2D eigenvalue weighted by Gasteiger charge is 2.18. The predicted molar refractivity (Wildman–Crippen MR) is 217 cm³/mol. The molecule has 0 radical (unpaired) electrons. The van der Waals surface area contributed by atoms with Gasteiger partial charge >= 0.3 is 0 Å². The van der Waals surface area contributed by atoms with E-state index in [4.69, 9.17) is 4.98 Å². The second-order valence-electron chi connectivity index (χ2n) is 13.2. The molecule has 0 spiro atoms. The Hall–Kier alpha value is -6.49. The average molecular weight is 668 g/mol. The van der Waals surface area contributed by atoms with Gasteiger partial charge in [0.15, 0.2) is 0 Å². The topological polar surface area (TPSA) is 22.8 Å². The number of benzene rings is 8. The number of thiophene rings is 1. The third kappa shape index (κ3) is 4.27. The van der Waals surface area contributed by atoms with Gasteiger partial charge in [-0.1, -0.05) is 115 Å². The van der Waals surface area contributed by atoms with Crippen molar-refractivity contribution >= 4 is 75.1 Å². The van der Waals surface area contributed by atoms with E-state index < -0.39 is 0 Å². The summed E-state index contributed by atoms with van der Waals surface area (Å²) in [6, 6.07) is 63.6. The molecule has 51 heavy (non-hydrogen) atoms. The maximum Gasteiger partial charge on any atom is 0.146 e. The van der Waals surface area contributed by atoms with Gasteiger partial charge in [0.2, 0.25) is 0 Å². The largest absolute Gasteiger partial charge is 0.309 e. The number of rotatable bonds is 4. The molecule has 0 aliphatic heterocycles. The normalized spacial score (nSPS) is 11.9. The van der Waals surface area contributed by atoms with Crippen molar-refractivity contribution in [1.82, 2.24) is 14.1 Å². The molecule has 0 atom stereocenters. The van der Waals surface area contributed by atoms with Crippen LogP contribution in [0.4, 0.5) is 0 Å². The summed E-state index contributed by atoms with van der Waals surface area (Å²) in [6.07, 6.45) is 0. The molecule has 0 unspecified atom stereocenters. The number of hydrogen-bond donors (Lipinski definition) is 0. The van der Waals surface area contributed by atoms with Gasteiger partial charge in [-0.2, -0.15) is 0 Å². The van der Waals surface area contributed by atoms with Crippen LogP contribution in [0, 0.1) is 0 Å². The first-order valence-electron chi connectivity index (χ1n) is 17.3. The monoisotopic (exact) mass is 667 g/mol. The lowest BCUT2D eigenvalue weighted by molar-refractivity contribution is 1.09. The molecule has 0 fully saturated rings. The Morgan fingerprint density at radius 3 is 1.92 bits per heavy atom. The van der Waals surface area contributed by atoms with Crippen LogP contribution in [-0.2, 0) is 0 Å². The van der Waals surface area contributed by atoms with Crippen molar-refractivity contribution in [3.8, 4) is 33.9 Å². The van der Waals surface area contributed by atoms with Gasteiger partial charge in [0.1, 0.15) is 5.82 Å². The molecule has 0 N–H and O–H groups in total. The summed E-state index contributed by atoms with van der Waals surface area (Å²) in [5.41, 5.74) is 10.3. The van der Waals surface area contributed by atoms with E-state index in [2.05, 4.69) is 185 Å². The van der Waals surface area contributed by atoms with E-state index >= 15 is 0 Å². The number of imidazole rings is 1. The molecule has 11 aromatic rings. The van der Waals surface area contributed by atoms with Crippen LogP contribution in [0.2, 0.25) is 0 Å². The van der Waals surface area contributed by atoms with Gasteiger partial charge in [0.25, 0.3) is 0 Å². The van der Waals surface area contributed by atoms with Crippen molar-refractivity contribution in [1.29, 1.82) is 0 Å². The minimum Gasteiger partial charge on any atom is -0.309 e. The van der Waals surface area contributed by atoms with Crippen molar-refractivity contribution in [2.24, 2.45) is 0 Å². The summed E-state index contributed by atoms with van der Waals surface area (Å²) < 4.78 is 7.37. The van der Waals surface area contributed by atoms with Crippen LogP contribution in [0.25, 0.3) is 97.7 Å². The third-order valence-electron chi connectivity index (χ3n) is 10.3. The Labute approximate surface area is 297 Å². The second-order valence-corrected chi connectivity index (χ2v) is 14.2. The van der Waals surface area contributed by atoms with Gasteiger partial charge < -0.3 is 4.57 Å². The molecular formula is C47H29N3S. The molecule has 3 heterocycles. The standard InChI is InChI=1S/C47H29N3S/c1-2-13-34-30(11-1)12-9-18-39(34)47-48-41-19-5-7-21-44(41)50(47)33-26-24-32(25-27-33)49-42-20-6-3-14-36(42)40-29-31(23-28-43(40)49)35-16-10-17-38-37-15-4-8-22-45(37)51-46(35)38/h1-29H. The lowest BCUT2D eigenvalue weighted by Gasteiger charge is -2.13. The van der Waals surface area contributed by atoms with Crippen LogP contribution in [0.15, 0.2) is 176 Å². The van der Waals surface area contributed by atoms with Crippen LogP contribution in [-0.4, -0.2) is 14.1 Å². The maximum absolute atomic E-state index is 5.19. The molecule has 0 aliphatic rings. The number of hydrogen-bond acceptors (Lipinski definition) is 2. The quantitative estimate of drug-likeness (QED) is 0.183. The second kappa shape index (κ2) is 11.0. The van der Waals surface area contributed by atoms with E-state index in [-0.39, 0.29) is 0 Å². The third-order valence-corrected chi connectivity index (χ3v) is 11.6. The zero-order chi connectivity index (χ0) is 33.5. The Kier molecular flexibility index (Phi) is 6.12. The summed E-state index contributed by atoms with van der Waals surface area (Å²) in [4.78, 5) is 5.19. The summed E-state index contributed by atoms with van der Waals surface area (Å²) in [5, 5.41) is 7.56. The van der Waals surface area contributed by atoms with Crippen LogP contribution < -0.4 is 0 Å².